The lowest BCUT2D eigenvalue weighted by atomic mass is 9.94. The predicted molar refractivity (Wildman–Crippen MR) is 112 cm³/mol. The second-order valence-electron chi connectivity index (χ2n) is 6.27. The van der Waals surface area contributed by atoms with Gasteiger partial charge >= 0.3 is 0 Å². The maximum atomic E-state index is 12.5. The molecule has 0 aliphatic heterocycles. The van der Waals surface area contributed by atoms with Gasteiger partial charge in [0.2, 0.25) is 5.91 Å². The topological polar surface area (TPSA) is 75.4 Å². The number of benzene rings is 2. The molecule has 0 aromatic heterocycles. The van der Waals surface area contributed by atoms with Crippen LogP contribution in [0.15, 0.2) is 54.6 Å². The average Bonchev–Trinajstić information content (AvgIpc) is 2.68. The fourth-order valence-corrected chi connectivity index (χ4v) is 2.77. The van der Waals surface area contributed by atoms with Crippen LogP contribution in [-0.2, 0) is 4.79 Å². The average molecular weight is 390 g/mol. The minimum Gasteiger partial charge on any atom is -0.339 e. The van der Waals surface area contributed by atoms with Crippen LogP contribution in [0.25, 0.3) is 0 Å². The van der Waals surface area contributed by atoms with E-state index in [1.54, 1.807) is 29.2 Å². The molecular weight excluding hydrogens is 362 g/mol. The molecule has 0 aliphatic rings. The van der Waals surface area contributed by atoms with E-state index < -0.39 is 0 Å². The predicted octanol–water partition coefficient (Wildman–Crippen LogP) is 3.87. The summed E-state index contributed by atoms with van der Waals surface area (Å²) < 4.78 is 0. The van der Waals surface area contributed by atoms with E-state index >= 15 is 0 Å². The van der Waals surface area contributed by atoms with Gasteiger partial charge in [-0.05, 0) is 43.7 Å². The van der Waals surface area contributed by atoms with Crippen molar-refractivity contribution in [1.29, 1.82) is 0 Å². The van der Waals surface area contributed by atoms with E-state index in [4.69, 9.17) is 5.73 Å². The summed E-state index contributed by atoms with van der Waals surface area (Å²) in [4.78, 5) is 26.6. The molecule has 2 unspecified atom stereocenters. The number of carbonyl (C=O) groups excluding carboxylic acids is 2. The van der Waals surface area contributed by atoms with E-state index in [0.717, 1.165) is 5.56 Å². The van der Waals surface area contributed by atoms with Crippen LogP contribution in [0, 0.1) is 5.92 Å². The summed E-state index contributed by atoms with van der Waals surface area (Å²) in [6.07, 6.45) is 0. The molecular formula is C21H28ClN3O2. The van der Waals surface area contributed by atoms with Crippen LogP contribution in [0.4, 0.5) is 5.69 Å². The first kappa shape index (κ1) is 22.7. The van der Waals surface area contributed by atoms with E-state index in [1.807, 2.05) is 51.1 Å². The molecule has 0 saturated carbocycles. The van der Waals surface area contributed by atoms with Gasteiger partial charge in [0.25, 0.3) is 5.91 Å². The zero-order chi connectivity index (χ0) is 19.1. The van der Waals surface area contributed by atoms with E-state index in [9.17, 15) is 9.59 Å². The third-order valence-corrected chi connectivity index (χ3v) is 4.59. The van der Waals surface area contributed by atoms with Crippen LogP contribution in [0.1, 0.15) is 42.7 Å². The number of nitrogens with zero attached hydrogens (tertiary/aromatic N) is 1. The third kappa shape index (κ3) is 5.81. The number of halogens is 1. The molecule has 146 valence electrons. The van der Waals surface area contributed by atoms with E-state index in [2.05, 4.69) is 5.32 Å². The number of carbonyl (C=O) groups is 2. The monoisotopic (exact) mass is 389 g/mol. The molecule has 2 aromatic carbocycles. The molecule has 0 aliphatic carbocycles. The van der Waals surface area contributed by atoms with Gasteiger partial charge in [-0.25, -0.2) is 0 Å². The molecule has 27 heavy (non-hydrogen) atoms. The number of nitrogens with one attached hydrogen (secondary N) is 1. The Bertz CT molecular complexity index is 731. The van der Waals surface area contributed by atoms with Gasteiger partial charge in [0.05, 0.1) is 5.92 Å². The number of amides is 2. The number of nitrogens with two attached hydrogens (primary N) is 1. The minimum atomic E-state index is -0.380. The first-order valence-electron chi connectivity index (χ1n) is 8.98. The fraction of sp³-hybridized carbons (Fsp3) is 0.333. The molecule has 0 fully saturated rings. The van der Waals surface area contributed by atoms with E-state index in [-0.39, 0.29) is 36.2 Å². The lowest BCUT2D eigenvalue weighted by molar-refractivity contribution is -0.120. The normalized spacial score (nSPS) is 12.4. The van der Waals surface area contributed by atoms with E-state index in [1.165, 1.54) is 0 Å². The van der Waals surface area contributed by atoms with Gasteiger partial charge < -0.3 is 16.0 Å². The molecule has 3 N–H and O–H groups in total. The summed E-state index contributed by atoms with van der Waals surface area (Å²) in [6, 6.07) is 16.2. The van der Waals surface area contributed by atoms with Gasteiger partial charge in [-0.15, -0.1) is 12.4 Å². The summed E-state index contributed by atoms with van der Waals surface area (Å²) in [6.45, 7) is 7.05. The summed E-state index contributed by atoms with van der Waals surface area (Å²) >= 11 is 0. The van der Waals surface area contributed by atoms with Gasteiger partial charge in [0.15, 0.2) is 0 Å². The van der Waals surface area contributed by atoms with Crippen molar-refractivity contribution >= 4 is 29.9 Å². The van der Waals surface area contributed by atoms with Crippen molar-refractivity contribution in [1.82, 2.24) is 4.90 Å². The standard InChI is InChI=1S/C21H27N3O2.ClH/c1-4-24(5-2)21(26)17-11-13-18(14-12-17)23-20(25)15(3)19(22)16-9-7-6-8-10-16;/h6-15,19H,4-5,22H2,1-3H3,(H,23,25);1H. The second-order valence-corrected chi connectivity index (χ2v) is 6.27. The quantitative estimate of drug-likeness (QED) is 0.754. The molecule has 2 rings (SSSR count). The van der Waals surface area contributed by atoms with Crippen molar-refractivity contribution in [3.63, 3.8) is 0 Å². The maximum Gasteiger partial charge on any atom is 0.253 e. The van der Waals surface area contributed by atoms with Crippen LogP contribution in [0.2, 0.25) is 0 Å². The Morgan fingerprint density at radius 3 is 2.07 bits per heavy atom. The molecule has 5 nitrogen and oxygen atoms in total. The van der Waals surface area contributed by atoms with Crippen LogP contribution < -0.4 is 11.1 Å². The van der Waals surface area contributed by atoms with Crippen molar-refractivity contribution < 1.29 is 9.59 Å². The molecule has 0 spiro atoms. The van der Waals surface area contributed by atoms with Crippen LogP contribution in [0.5, 0.6) is 0 Å². The van der Waals surface area contributed by atoms with Crippen LogP contribution in [-0.4, -0.2) is 29.8 Å². The Kier molecular flexibility index (Phi) is 8.98. The van der Waals surface area contributed by atoms with Gasteiger partial charge in [0, 0.05) is 30.4 Å². The van der Waals surface area contributed by atoms with Crippen molar-refractivity contribution in [3.05, 3.63) is 65.7 Å². The van der Waals surface area contributed by atoms with Crippen molar-refractivity contribution in [2.24, 2.45) is 11.7 Å². The molecule has 2 amide bonds. The Morgan fingerprint density at radius 2 is 1.56 bits per heavy atom. The summed E-state index contributed by atoms with van der Waals surface area (Å²) in [7, 11) is 0. The lowest BCUT2D eigenvalue weighted by Gasteiger charge is -2.20. The molecule has 6 heteroatoms. The zero-order valence-electron chi connectivity index (χ0n) is 16.0. The molecule has 2 aromatic rings. The maximum absolute atomic E-state index is 12.5. The van der Waals surface area contributed by atoms with Crippen molar-refractivity contribution in [2.45, 2.75) is 26.8 Å². The van der Waals surface area contributed by atoms with Crippen LogP contribution >= 0.6 is 12.4 Å². The number of hydrogen-bond donors (Lipinski definition) is 2. The van der Waals surface area contributed by atoms with Crippen molar-refractivity contribution in [3.8, 4) is 0 Å². The number of hydrogen-bond acceptors (Lipinski definition) is 3. The first-order valence-corrected chi connectivity index (χ1v) is 8.98. The van der Waals surface area contributed by atoms with Crippen molar-refractivity contribution in [2.75, 3.05) is 18.4 Å². The number of anilines is 1. The third-order valence-electron chi connectivity index (χ3n) is 4.59. The Balaban J connectivity index is 0.00000364. The highest BCUT2D eigenvalue weighted by atomic mass is 35.5. The fourth-order valence-electron chi connectivity index (χ4n) is 2.77. The Hall–Kier alpha value is -2.37. The summed E-state index contributed by atoms with van der Waals surface area (Å²) in [5.74, 6) is -0.536. The molecule has 0 saturated heterocycles. The van der Waals surface area contributed by atoms with Gasteiger partial charge in [0.1, 0.15) is 0 Å². The smallest absolute Gasteiger partial charge is 0.253 e. The molecule has 0 bridgehead atoms. The zero-order valence-corrected chi connectivity index (χ0v) is 16.8. The summed E-state index contributed by atoms with van der Waals surface area (Å²) in [5, 5.41) is 2.87. The highest BCUT2D eigenvalue weighted by Crippen LogP contribution is 2.21. The van der Waals surface area contributed by atoms with E-state index in [0.29, 0.717) is 24.3 Å². The first-order chi connectivity index (χ1) is 12.5. The summed E-state index contributed by atoms with van der Waals surface area (Å²) in [5.41, 5.74) is 8.40. The number of rotatable bonds is 7. The lowest BCUT2D eigenvalue weighted by Crippen LogP contribution is -2.31. The van der Waals surface area contributed by atoms with Gasteiger partial charge in [-0.2, -0.15) is 0 Å². The highest BCUT2D eigenvalue weighted by Gasteiger charge is 2.22. The Morgan fingerprint density at radius 1 is 1.00 bits per heavy atom. The Labute approximate surface area is 167 Å². The highest BCUT2D eigenvalue weighted by molar-refractivity contribution is 5.96. The second kappa shape index (κ2) is 10.7. The molecule has 2 atom stereocenters. The van der Waals surface area contributed by atoms with Gasteiger partial charge in [-0.1, -0.05) is 37.3 Å². The van der Waals surface area contributed by atoms with Gasteiger partial charge in [-0.3, -0.25) is 9.59 Å². The van der Waals surface area contributed by atoms with Crippen LogP contribution in [0.3, 0.4) is 0 Å². The molecule has 0 radical (unpaired) electrons. The molecule has 0 heterocycles. The SMILES string of the molecule is CCN(CC)C(=O)c1ccc(NC(=O)C(C)C(N)c2ccccc2)cc1.Cl. The minimum absolute atomic E-state index is 0. The largest absolute Gasteiger partial charge is 0.339 e.